The fourth-order valence-corrected chi connectivity index (χ4v) is 3.29. The molecule has 2 N–H and O–H groups in total. The summed E-state index contributed by atoms with van der Waals surface area (Å²) in [4.78, 5) is 16.5. The van der Waals surface area contributed by atoms with E-state index >= 15 is 0 Å². The summed E-state index contributed by atoms with van der Waals surface area (Å²) in [7, 11) is 3.14. The summed E-state index contributed by atoms with van der Waals surface area (Å²) < 4.78 is 4.88. The monoisotopic (exact) mass is 352 g/mol. The molecule has 0 amide bonds. The number of methoxy groups -OCH3 is 1. The largest absolute Gasteiger partial charge is 0.465 e. The van der Waals surface area contributed by atoms with Gasteiger partial charge in [-0.05, 0) is 43.4 Å². The molecule has 2 unspecified atom stereocenters. The van der Waals surface area contributed by atoms with Crippen LogP contribution in [-0.4, -0.2) is 25.8 Å². The molecule has 1 aliphatic carbocycles. The van der Waals surface area contributed by atoms with Gasteiger partial charge in [0.15, 0.2) is 0 Å². The first-order chi connectivity index (χ1) is 12.4. The molecule has 0 heterocycles. The standard InChI is InChI=1S/C22H28N2O2/c1-14-11-12-18(13-19(14)22(25)26-5)21(24-4)16(3)20(23)15(2)17-9-7-6-8-10-17/h6-9,11-13,15,17H,10,23H2,1-5H3/b20-16+,24-21?. The lowest BCUT2D eigenvalue weighted by Gasteiger charge is -2.24. The quantitative estimate of drug-likeness (QED) is 0.638. The number of benzene rings is 1. The molecule has 138 valence electrons. The number of carbonyl (C=O) groups excluding carboxylic acids is 1. The number of carbonyl (C=O) groups is 1. The van der Waals surface area contributed by atoms with Gasteiger partial charge in [-0.25, -0.2) is 4.79 Å². The lowest BCUT2D eigenvalue weighted by molar-refractivity contribution is 0.0600. The second-order valence-electron chi connectivity index (χ2n) is 6.68. The third-order valence-corrected chi connectivity index (χ3v) is 5.07. The van der Waals surface area contributed by atoms with Crippen molar-refractivity contribution in [2.45, 2.75) is 27.2 Å². The van der Waals surface area contributed by atoms with Crippen molar-refractivity contribution in [3.63, 3.8) is 0 Å². The van der Waals surface area contributed by atoms with Crippen LogP contribution in [0.2, 0.25) is 0 Å². The first-order valence-electron chi connectivity index (χ1n) is 8.86. The highest BCUT2D eigenvalue weighted by Gasteiger charge is 2.21. The maximum Gasteiger partial charge on any atom is 0.338 e. The Hall–Kier alpha value is -2.62. The molecule has 2 atom stereocenters. The second kappa shape index (κ2) is 8.65. The lowest BCUT2D eigenvalue weighted by Crippen LogP contribution is -2.22. The van der Waals surface area contributed by atoms with E-state index in [1.54, 1.807) is 7.05 Å². The van der Waals surface area contributed by atoms with Crippen molar-refractivity contribution in [1.29, 1.82) is 0 Å². The maximum absolute atomic E-state index is 12.0. The van der Waals surface area contributed by atoms with Gasteiger partial charge in [0.05, 0.1) is 18.4 Å². The Bertz CT molecular complexity index is 800. The Morgan fingerprint density at radius 1 is 1.35 bits per heavy atom. The van der Waals surface area contributed by atoms with Crippen LogP contribution in [0.1, 0.15) is 41.8 Å². The van der Waals surface area contributed by atoms with E-state index in [4.69, 9.17) is 10.5 Å². The molecule has 2 rings (SSSR count). The molecular formula is C22H28N2O2. The summed E-state index contributed by atoms with van der Waals surface area (Å²) in [6.45, 7) is 6.03. The van der Waals surface area contributed by atoms with Gasteiger partial charge >= 0.3 is 5.97 Å². The molecule has 4 heteroatoms. The summed E-state index contributed by atoms with van der Waals surface area (Å²) >= 11 is 0. The highest BCUT2D eigenvalue weighted by molar-refractivity contribution is 6.13. The van der Waals surface area contributed by atoms with Crippen LogP contribution in [0.5, 0.6) is 0 Å². The Labute approximate surface area is 156 Å². The molecule has 0 saturated carbocycles. The fourth-order valence-electron chi connectivity index (χ4n) is 3.29. The first kappa shape index (κ1) is 19.7. The molecule has 0 saturated heterocycles. The SMILES string of the molecule is CN=C(/C(C)=C(/N)C(C)C1C=CC=CC1)c1ccc(C)c(C(=O)OC)c1. The van der Waals surface area contributed by atoms with Crippen LogP contribution in [0, 0.1) is 18.8 Å². The molecule has 1 aliphatic rings. The normalized spacial score (nSPS) is 19.1. The van der Waals surface area contributed by atoms with Gasteiger partial charge < -0.3 is 10.5 Å². The average molecular weight is 352 g/mol. The van der Waals surface area contributed by atoms with Crippen molar-refractivity contribution in [3.8, 4) is 0 Å². The van der Waals surface area contributed by atoms with E-state index in [-0.39, 0.29) is 11.9 Å². The number of hydrogen-bond acceptors (Lipinski definition) is 4. The van der Waals surface area contributed by atoms with Crippen LogP contribution >= 0.6 is 0 Å². The van der Waals surface area contributed by atoms with Crippen molar-refractivity contribution in [1.82, 2.24) is 0 Å². The number of rotatable bonds is 5. The van der Waals surface area contributed by atoms with Crippen LogP contribution in [0.25, 0.3) is 0 Å². The summed E-state index contributed by atoms with van der Waals surface area (Å²) in [6, 6.07) is 5.71. The highest BCUT2D eigenvalue weighted by atomic mass is 16.5. The smallest absolute Gasteiger partial charge is 0.338 e. The van der Waals surface area contributed by atoms with E-state index in [0.717, 1.165) is 34.5 Å². The predicted octanol–water partition coefficient (Wildman–Crippen LogP) is 4.20. The minimum Gasteiger partial charge on any atom is -0.465 e. The molecule has 0 spiro atoms. The van der Waals surface area contributed by atoms with Gasteiger partial charge in [-0.2, -0.15) is 0 Å². The number of aliphatic imine (C=N–C) groups is 1. The van der Waals surface area contributed by atoms with Crippen molar-refractivity contribution < 1.29 is 9.53 Å². The Kier molecular flexibility index (Phi) is 6.56. The highest BCUT2D eigenvalue weighted by Crippen LogP contribution is 2.28. The van der Waals surface area contributed by atoms with Gasteiger partial charge in [-0.3, -0.25) is 4.99 Å². The molecular weight excluding hydrogens is 324 g/mol. The fraction of sp³-hybridized carbons (Fsp3) is 0.364. The minimum absolute atomic E-state index is 0.207. The number of esters is 1. The van der Waals surface area contributed by atoms with Gasteiger partial charge in [-0.1, -0.05) is 43.4 Å². The summed E-state index contributed by atoms with van der Waals surface area (Å²) in [5, 5.41) is 0. The molecule has 0 bridgehead atoms. The van der Waals surface area contributed by atoms with Gasteiger partial charge in [0.25, 0.3) is 0 Å². The number of aryl methyl sites for hydroxylation is 1. The van der Waals surface area contributed by atoms with E-state index in [1.165, 1.54) is 7.11 Å². The number of hydrogen-bond donors (Lipinski definition) is 1. The molecule has 1 aromatic carbocycles. The molecule has 0 aromatic heterocycles. The summed E-state index contributed by atoms with van der Waals surface area (Å²) in [5.41, 5.74) is 11.4. The van der Waals surface area contributed by atoms with Crippen LogP contribution in [-0.2, 0) is 4.74 Å². The third-order valence-electron chi connectivity index (χ3n) is 5.07. The van der Waals surface area contributed by atoms with Crippen LogP contribution < -0.4 is 5.73 Å². The first-order valence-corrected chi connectivity index (χ1v) is 8.86. The van der Waals surface area contributed by atoms with E-state index in [2.05, 4.69) is 36.2 Å². The van der Waals surface area contributed by atoms with Crippen LogP contribution in [0.3, 0.4) is 0 Å². The van der Waals surface area contributed by atoms with E-state index in [1.807, 2.05) is 32.0 Å². The number of nitrogens with two attached hydrogens (primary N) is 1. The predicted molar refractivity (Wildman–Crippen MR) is 107 cm³/mol. The average Bonchev–Trinajstić information content (AvgIpc) is 2.68. The molecule has 1 aromatic rings. The third kappa shape index (κ3) is 4.13. The van der Waals surface area contributed by atoms with Gasteiger partial charge in [0, 0.05) is 24.2 Å². The van der Waals surface area contributed by atoms with Crippen molar-refractivity contribution in [2.24, 2.45) is 22.6 Å². The van der Waals surface area contributed by atoms with E-state index in [9.17, 15) is 4.79 Å². The van der Waals surface area contributed by atoms with Crippen molar-refractivity contribution in [2.75, 3.05) is 14.2 Å². The van der Waals surface area contributed by atoms with Gasteiger partial charge in [-0.15, -0.1) is 0 Å². The zero-order valence-electron chi connectivity index (χ0n) is 16.2. The molecule has 0 aliphatic heterocycles. The Balaban J connectivity index is 2.39. The summed E-state index contributed by atoms with van der Waals surface area (Å²) in [5.74, 6) is 0.247. The zero-order valence-corrected chi connectivity index (χ0v) is 16.2. The topological polar surface area (TPSA) is 64.7 Å². The Morgan fingerprint density at radius 3 is 2.65 bits per heavy atom. The number of allylic oxidation sites excluding steroid dienone is 6. The van der Waals surface area contributed by atoms with E-state index in [0.29, 0.717) is 11.5 Å². The zero-order chi connectivity index (χ0) is 19.3. The van der Waals surface area contributed by atoms with Gasteiger partial charge in [0.1, 0.15) is 0 Å². The van der Waals surface area contributed by atoms with Crippen LogP contribution in [0.4, 0.5) is 0 Å². The lowest BCUT2D eigenvalue weighted by atomic mass is 9.83. The Morgan fingerprint density at radius 2 is 2.08 bits per heavy atom. The van der Waals surface area contributed by atoms with Crippen molar-refractivity contribution >= 4 is 11.7 Å². The maximum atomic E-state index is 12.0. The molecule has 0 fully saturated rings. The number of ether oxygens (including phenoxy) is 1. The minimum atomic E-state index is -0.345. The second-order valence-corrected chi connectivity index (χ2v) is 6.68. The van der Waals surface area contributed by atoms with Crippen LogP contribution in [0.15, 0.2) is 58.8 Å². The number of nitrogens with zero attached hydrogens (tertiary/aromatic N) is 1. The molecule has 0 radical (unpaired) electrons. The summed E-state index contributed by atoms with van der Waals surface area (Å²) in [6.07, 6.45) is 9.50. The van der Waals surface area contributed by atoms with Crippen molar-refractivity contribution in [3.05, 3.63) is 70.5 Å². The van der Waals surface area contributed by atoms with E-state index < -0.39 is 0 Å². The molecule has 26 heavy (non-hydrogen) atoms. The molecule has 4 nitrogen and oxygen atoms in total. The van der Waals surface area contributed by atoms with Gasteiger partial charge in [0.2, 0.25) is 0 Å².